The van der Waals surface area contributed by atoms with Gasteiger partial charge < -0.3 is 10.2 Å². The van der Waals surface area contributed by atoms with E-state index in [0.29, 0.717) is 12.1 Å². The van der Waals surface area contributed by atoms with Crippen molar-refractivity contribution in [2.45, 2.75) is 44.2 Å². The number of aryl methyl sites for hydroxylation is 1. The van der Waals surface area contributed by atoms with Gasteiger partial charge in [0.05, 0.1) is 10.5 Å². The summed E-state index contributed by atoms with van der Waals surface area (Å²) in [6.45, 7) is 1.62. The van der Waals surface area contributed by atoms with Crippen molar-refractivity contribution in [2.24, 2.45) is 0 Å². The number of amides is 1. The zero-order valence-electron chi connectivity index (χ0n) is 13.5. The molecule has 6 rings (SSSR count). The van der Waals surface area contributed by atoms with Crippen molar-refractivity contribution in [3.63, 3.8) is 0 Å². The number of carbonyl (C=O) groups excluding carboxylic acids is 1. The van der Waals surface area contributed by atoms with Gasteiger partial charge >= 0.3 is 0 Å². The number of piperazine rings is 1. The molecule has 24 heavy (non-hydrogen) atoms. The van der Waals surface area contributed by atoms with Crippen LogP contribution < -0.4 is 5.32 Å². The minimum absolute atomic E-state index is 0.115. The summed E-state index contributed by atoms with van der Waals surface area (Å²) >= 11 is 6.62. The lowest BCUT2D eigenvalue weighted by molar-refractivity contribution is 0.0474. The number of fused-ring (bicyclic) bond motifs is 4. The van der Waals surface area contributed by atoms with E-state index in [9.17, 15) is 4.79 Å². The number of hydrogen-bond donors (Lipinski definition) is 1. The van der Waals surface area contributed by atoms with E-state index in [2.05, 4.69) is 5.32 Å². The lowest BCUT2D eigenvalue weighted by atomic mass is 9.91. The van der Waals surface area contributed by atoms with Gasteiger partial charge in [0.15, 0.2) is 0 Å². The number of pyridine rings is 1. The Kier molecular flexibility index (Phi) is 3.32. The molecule has 1 aliphatic carbocycles. The number of hydrogen-bond acceptors (Lipinski definition) is 3. The molecule has 4 aliphatic rings. The van der Waals surface area contributed by atoms with Crippen LogP contribution in [0.25, 0.3) is 10.9 Å². The maximum absolute atomic E-state index is 12.8. The van der Waals surface area contributed by atoms with Crippen LogP contribution in [0.3, 0.4) is 0 Å². The lowest BCUT2D eigenvalue weighted by Gasteiger charge is -2.48. The number of piperidine rings is 1. The zero-order chi connectivity index (χ0) is 16.3. The number of rotatable bonds is 1. The Morgan fingerprint density at radius 3 is 2.75 bits per heavy atom. The summed E-state index contributed by atoms with van der Waals surface area (Å²) in [6, 6.07) is 6.75. The van der Waals surface area contributed by atoms with Crippen LogP contribution in [-0.2, 0) is 12.8 Å². The van der Waals surface area contributed by atoms with Gasteiger partial charge in [0.2, 0.25) is 0 Å². The van der Waals surface area contributed by atoms with Crippen LogP contribution >= 0.6 is 11.6 Å². The maximum Gasteiger partial charge on any atom is 0.254 e. The molecular formula is C19H20ClN3O. The molecule has 1 aromatic heterocycles. The van der Waals surface area contributed by atoms with Gasteiger partial charge in [-0.05, 0) is 49.8 Å². The third-order valence-electron chi connectivity index (χ3n) is 5.65. The molecule has 4 nitrogen and oxygen atoms in total. The molecule has 2 atom stereocenters. The second-order valence-electron chi connectivity index (χ2n) is 7.30. The molecule has 1 amide bonds. The van der Waals surface area contributed by atoms with E-state index >= 15 is 0 Å². The first-order valence-electron chi connectivity index (χ1n) is 8.85. The third kappa shape index (κ3) is 2.24. The standard InChI is InChI=1S/C19H20ClN3O/c20-18-14-3-1-2-4-16(14)22-17-7-11(5-6-15(17)18)19(24)23-9-12-8-13(10-23)21-12/h5-7,12-13,21H,1-4,8-10H2. The first kappa shape index (κ1) is 14.7. The molecule has 1 N–H and O–H groups in total. The molecule has 2 aromatic rings. The first-order valence-corrected chi connectivity index (χ1v) is 9.23. The molecule has 2 bridgehead atoms. The first-order chi connectivity index (χ1) is 11.7. The van der Waals surface area contributed by atoms with Gasteiger partial charge in [-0.25, -0.2) is 0 Å². The fraction of sp³-hybridized carbons (Fsp3) is 0.474. The maximum atomic E-state index is 12.8. The van der Waals surface area contributed by atoms with Crippen LogP contribution in [0.2, 0.25) is 5.02 Å². The highest BCUT2D eigenvalue weighted by molar-refractivity contribution is 6.36. The van der Waals surface area contributed by atoms with Crippen LogP contribution in [0, 0.1) is 0 Å². The molecule has 3 fully saturated rings. The van der Waals surface area contributed by atoms with Gasteiger partial charge in [0, 0.05) is 41.8 Å². The van der Waals surface area contributed by atoms with Crippen LogP contribution in [0.15, 0.2) is 18.2 Å². The summed E-state index contributed by atoms with van der Waals surface area (Å²) in [5.41, 5.74) is 3.90. The van der Waals surface area contributed by atoms with Crippen molar-refractivity contribution in [1.82, 2.24) is 15.2 Å². The van der Waals surface area contributed by atoms with Crippen molar-refractivity contribution in [3.8, 4) is 0 Å². The smallest absolute Gasteiger partial charge is 0.254 e. The van der Waals surface area contributed by atoms with Gasteiger partial charge in [-0.3, -0.25) is 9.78 Å². The van der Waals surface area contributed by atoms with Crippen molar-refractivity contribution in [1.29, 1.82) is 0 Å². The molecular weight excluding hydrogens is 322 g/mol. The number of nitrogens with one attached hydrogen (secondary N) is 1. The average Bonchev–Trinajstić information content (AvgIpc) is 2.60. The summed E-state index contributed by atoms with van der Waals surface area (Å²) in [5.74, 6) is 0.115. The normalized spacial score (nSPS) is 25.3. The highest BCUT2D eigenvalue weighted by Gasteiger charge is 2.38. The molecule has 1 aromatic carbocycles. The third-order valence-corrected chi connectivity index (χ3v) is 6.08. The van der Waals surface area contributed by atoms with Gasteiger partial charge in [-0.15, -0.1) is 0 Å². The molecule has 2 unspecified atom stereocenters. The van der Waals surface area contributed by atoms with Crippen molar-refractivity contribution in [2.75, 3.05) is 13.1 Å². The highest BCUT2D eigenvalue weighted by atomic mass is 35.5. The number of benzene rings is 1. The Morgan fingerprint density at radius 1 is 1.21 bits per heavy atom. The Labute approximate surface area is 146 Å². The van der Waals surface area contributed by atoms with Crippen LogP contribution in [0.1, 0.15) is 40.9 Å². The molecule has 3 saturated heterocycles. The number of halogens is 1. The number of nitrogens with zero attached hydrogens (tertiary/aromatic N) is 2. The predicted octanol–water partition coefficient (Wildman–Crippen LogP) is 2.95. The molecule has 124 valence electrons. The molecule has 0 saturated carbocycles. The number of carbonyl (C=O) groups is 1. The van der Waals surface area contributed by atoms with Gasteiger partial charge in [0.1, 0.15) is 0 Å². The van der Waals surface area contributed by atoms with Crippen LogP contribution in [0.5, 0.6) is 0 Å². The van der Waals surface area contributed by atoms with Crippen molar-refractivity contribution < 1.29 is 4.79 Å². The van der Waals surface area contributed by atoms with Crippen LogP contribution in [-0.4, -0.2) is 41.0 Å². The minimum Gasteiger partial charge on any atom is -0.336 e. The minimum atomic E-state index is 0.115. The van der Waals surface area contributed by atoms with Gasteiger partial charge in [0.25, 0.3) is 5.91 Å². The Balaban J connectivity index is 1.52. The van der Waals surface area contributed by atoms with Crippen molar-refractivity contribution in [3.05, 3.63) is 40.0 Å². The average molecular weight is 342 g/mol. The largest absolute Gasteiger partial charge is 0.336 e. The van der Waals surface area contributed by atoms with E-state index in [1.54, 1.807) is 0 Å². The van der Waals surface area contributed by atoms with Crippen molar-refractivity contribution >= 4 is 28.4 Å². The van der Waals surface area contributed by atoms with E-state index in [-0.39, 0.29) is 5.91 Å². The van der Waals surface area contributed by atoms with E-state index in [1.165, 1.54) is 24.8 Å². The number of aromatic nitrogens is 1. The zero-order valence-corrected chi connectivity index (χ0v) is 14.3. The fourth-order valence-electron chi connectivity index (χ4n) is 4.36. The predicted molar refractivity (Wildman–Crippen MR) is 94.6 cm³/mol. The molecule has 3 aliphatic heterocycles. The van der Waals surface area contributed by atoms with Gasteiger partial charge in [-0.1, -0.05) is 17.7 Å². The SMILES string of the molecule is O=C(c1ccc2c(Cl)c3c(nc2c1)CCCC3)N1CC2CC(C1)N2. The van der Waals surface area contributed by atoms with E-state index in [0.717, 1.165) is 53.1 Å². The highest BCUT2D eigenvalue weighted by Crippen LogP contribution is 2.33. The fourth-order valence-corrected chi connectivity index (χ4v) is 4.73. The molecule has 0 radical (unpaired) electrons. The summed E-state index contributed by atoms with van der Waals surface area (Å²) in [6.07, 6.45) is 5.56. The van der Waals surface area contributed by atoms with Crippen LogP contribution in [0.4, 0.5) is 0 Å². The quantitative estimate of drug-likeness (QED) is 0.867. The molecule has 5 heteroatoms. The second kappa shape index (κ2) is 5.43. The second-order valence-corrected chi connectivity index (χ2v) is 7.67. The Morgan fingerprint density at radius 2 is 1.96 bits per heavy atom. The summed E-state index contributed by atoms with van der Waals surface area (Å²) < 4.78 is 0. The van der Waals surface area contributed by atoms with E-state index in [1.807, 2.05) is 23.1 Å². The lowest BCUT2D eigenvalue weighted by Crippen LogP contribution is -2.67. The van der Waals surface area contributed by atoms with E-state index < -0.39 is 0 Å². The summed E-state index contributed by atoms with van der Waals surface area (Å²) in [4.78, 5) is 19.6. The molecule has 4 heterocycles. The topological polar surface area (TPSA) is 45.2 Å². The Hall–Kier alpha value is -1.65. The summed E-state index contributed by atoms with van der Waals surface area (Å²) in [5, 5.41) is 5.26. The summed E-state index contributed by atoms with van der Waals surface area (Å²) in [7, 11) is 0. The Bertz CT molecular complexity index is 834. The molecule has 0 spiro atoms. The van der Waals surface area contributed by atoms with Gasteiger partial charge in [-0.2, -0.15) is 0 Å². The monoisotopic (exact) mass is 341 g/mol. The van der Waals surface area contributed by atoms with E-state index in [4.69, 9.17) is 16.6 Å².